The number of imide groups is 1. The summed E-state index contributed by atoms with van der Waals surface area (Å²) in [5, 5.41) is 2.28. The molecule has 1 fully saturated rings. The smallest absolute Gasteiger partial charge is 0.294 e. The van der Waals surface area contributed by atoms with E-state index in [0.717, 1.165) is 33.1 Å². The van der Waals surface area contributed by atoms with E-state index in [1.54, 1.807) is 30.3 Å². The van der Waals surface area contributed by atoms with Gasteiger partial charge in [-0.05, 0) is 105 Å². The van der Waals surface area contributed by atoms with E-state index < -0.39 is 17.1 Å². The van der Waals surface area contributed by atoms with Crippen molar-refractivity contribution < 1.29 is 14.4 Å². The molecule has 2 aliphatic rings. The van der Waals surface area contributed by atoms with Gasteiger partial charge >= 0.3 is 0 Å². The van der Waals surface area contributed by atoms with Crippen LogP contribution in [0, 0.1) is 0 Å². The number of halogens is 1. The van der Waals surface area contributed by atoms with Crippen LogP contribution in [0.3, 0.4) is 0 Å². The predicted octanol–water partition coefficient (Wildman–Crippen LogP) is 6.62. The molecule has 3 amide bonds. The molecule has 2 heterocycles. The number of nitrogens with one attached hydrogen (secondary N) is 1. The first-order chi connectivity index (χ1) is 16.5. The minimum Gasteiger partial charge on any atom is -0.364 e. The Bertz CT molecular complexity index is 1210. The Labute approximate surface area is 219 Å². The normalized spacial score (nSPS) is 20.5. The maximum absolute atomic E-state index is 13.0. The number of carbonyl (C=O) groups is 3. The van der Waals surface area contributed by atoms with Gasteiger partial charge in [-0.15, -0.1) is 0 Å². The van der Waals surface area contributed by atoms with Gasteiger partial charge in [-0.25, -0.2) is 0 Å². The number of carbonyl (C=O) groups excluding carboxylic acids is 3. The van der Waals surface area contributed by atoms with E-state index in [0.29, 0.717) is 22.6 Å². The molecular formula is C27H30BrN3O3S. The van der Waals surface area contributed by atoms with Crippen molar-refractivity contribution in [2.24, 2.45) is 0 Å². The fourth-order valence-electron chi connectivity index (χ4n) is 5.20. The Hall–Kier alpha value is -2.58. The van der Waals surface area contributed by atoms with Crippen molar-refractivity contribution >= 4 is 62.2 Å². The molecule has 0 spiro atoms. The van der Waals surface area contributed by atoms with Crippen molar-refractivity contribution in [2.45, 2.75) is 58.5 Å². The first kappa shape index (κ1) is 25.5. The van der Waals surface area contributed by atoms with Gasteiger partial charge in [-0.2, -0.15) is 0 Å². The highest BCUT2D eigenvalue weighted by atomic mass is 79.9. The lowest BCUT2D eigenvalue weighted by Crippen LogP contribution is -2.51. The van der Waals surface area contributed by atoms with Gasteiger partial charge in [0.25, 0.3) is 11.1 Å². The van der Waals surface area contributed by atoms with E-state index in [2.05, 4.69) is 72.9 Å². The minimum absolute atomic E-state index is 0.0571. The first-order valence-electron chi connectivity index (χ1n) is 11.7. The lowest BCUT2D eigenvalue weighted by Gasteiger charge is -2.50. The van der Waals surface area contributed by atoms with Crippen LogP contribution in [0.4, 0.5) is 16.2 Å². The zero-order chi connectivity index (χ0) is 25.5. The summed E-state index contributed by atoms with van der Waals surface area (Å²) in [6, 6.07) is 13.7. The van der Waals surface area contributed by atoms with Crippen molar-refractivity contribution in [1.29, 1.82) is 0 Å². The average Bonchev–Trinajstić information content (AvgIpc) is 3.02. The molecule has 0 unspecified atom stereocenters. The van der Waals surface area contributed by atoms with E-state index in [1.165, 1.54) is 11.3 Å². The number of hydrogen-bond donors (Lipinski definition) is 1. The van der Waals surface area contributed by atoms with Crippen LogP contribution in [0.15, 0.2) is 51.8 Å². The number of fused-ring (bicyclic) bond motifs is 1. The highest BCUT2D eigenvalue weighted by Crippen LogP contribution is 2.45. The highest BCUT2D eigenvalue weighted by Gasteiger charge is 2.38. The van der Waals surface area contributed by atoms with Gasteiger partial charge in [-0.1, -0.05) is 28.9 Å². The van der Waals surface area contributed by atoms with Gasteiger partial charge in [0.1, 0.15) is 6.54 Å². The molecule has 2 aromatic rings. The van der Waals surface area contributed by atoms with Crippen molar-refractivity contribution in [3.63, 3.8) is 0 Å². The monoisotopic (exact) mass is 555 g/mol. The lowest BCUT2D eigenvalue weighted by atomic mass is 9.79. The number of benzene rings is 2. The van der Waals surface area contributed by atoms with Crippen molar-refractivity contribution in [2.75, 3.05) is 16.8 Å². The maximum atomic E-state index is 13.0. The number of amides is 3. The van der Waals surface area contributed by atoms with Gasteiger partial charge in [-0.3, -0.25) is 19.3 Å². The van der Waals surface area contributed by atoms with Crippen LogP contribution in [0.1, 0.15) is 58.1 Å². The average molecular weight is 557 g/mol. The summed E-state index contributed by atoms with van der Waals surface area (Å²) in [5.41, 5.74) is 4.01. The Balaban J connectivity index is 1.52. The van der Waals surface area contributed by atoms with Gasteiger partial charge in [0.05, 0.1) is 4.91 Å². The zero-order valence-electron chi connectivity index (χ0n) is 20.6. The quantitative estimate of drug-likeness (QED) is 0.419. The number of nitrogens with zero attached hydrogens (tertiary/aromatic N) is 2. The number of thioether (sulfide) groups is 1. The van der Waals surface area contributed by atoms with Crippen LogP contribution in [-0.2, 0) is 9.59 Å². The summed E-state index contributed by atoms with van der Waals surface area (Å²) in [7, 11) is 0. The first-order valence-corrected chi connectivity index (χ1v) is 13.3. The van der Waals surface area contributed by atoms with Crippen LogP contribution in [0.25, 0.3) is 6.08 Å². The summed E-state index contributed by atoms with van der Waals surface area (Å²) in [5.74, 6) is -0.489. The van der Waals surface area contributed by atoms with E-state index in [4.69, 9.17) is 0 Å². The third kappa shape index (κ3) is 5.33. The number of hydrogen-bond acceptors (Lipinski definition) is 5. The number of rotatable bonds is 5. The summed E-state index contributed by atoms with van der Waals surface area (Å²) in [6.07, 6.45) is 2.79. The summed E-state index contributed by atoms with van der Waals surface area (Å²) >= 11 is 4.22. The van der Waals surface area contributed by atoms with Crippen LogP contribution < -0.4 is 10.2 Å². The largest absolute Gasteiger partial charge is 0.364 e. The molecule has 0 aromatic heterocycles. The molecule has 184 valence electrons. The van der Waals surface area contributed by atoms with Gasteiger partial charge in [0, 0.05) is 27.4 Å². The topological polar surface area (TPSA) is 69.7 Å². The van der Waals surface area contributed by atoms with Crippen LogP contribution in [0.2, 0.25) is 0 Å². The molecule has 6 nitrogen and oxygen atoms in total. The summed E-state index contributed by atoms with van der Waals surface area (Å²) in [4.78, 5) is 41.7. The summed E-state index contributed by atoms with van der Waals surface area (Å²) < 4.78 is 0.892. The Morgan fingerprint density at radius 3 is 2.54 bits per heavy atom. The third-order valence-electron chi connectivity index (χ3n) is 6.42. The van der Waals surface area contributed by atoms with Gasteiger partial charge in [0.15, 0.2) is 0 Å². The molecule has 1 N–H and O–H groups in total. The molecule has 0 radical (unpaired) electrons. The van der Waals surface area contributed by atoms with E-state index in [-0.39, 0.29) is 12.1 Å². The van der Waals surface area contributed by atoms with Crippen molar-refractivity contribution in [3.8, 4) is 0 Å². The second kappa shape index (κ2) is 9.82. The van der Waals surface area contributed by atoms with Crippen LogP contribution >= 0.6 is 27.7 Å². The standard InChI is InChI=1S/C27H30BrN3O3S/c1-16(2)31-22-11-6-18(12-21(22)17(3)14-27(31,4)5)13-23-25(33)30(26(34)35-23)15-24(32)29-20-9-7-19(28)8-10-20/h6-13,16-17H,14-15H2,1-5H3,(H,29,32)/b23-13-/t17-/m0/s1. The second-order valence-electron chi connectivity index (χ2n) is 10.0. The molecule has 0 aliphatic carbocycles. The van der Waals surface area contributed by atoms with E-state index in [9.17, 15) is 14.4 Å². The van der Waals surface area contributed by atoms with Crippen LogP contribution in [-0.4, -0.2) is 40.1 Å². The molecule has 4 rings (SSSR count). The molecule has 2 aliphatic heterocycles. The molecular weight excluding hydrogens is 526 g/mol. The second-order valence-corrected chi connectivity index (χ2v) is 11.9. The van der Waals surface area contributed by atoms with Crippen molar-refractivity contribution in [1.82, 2.24) is 4.90 Å². The molecule has 1 atom stereocenters. The van der Waals surface area contributed by atoms with Crippen LogP contribution in [0.5, 0.6) is 0 Å². The minimum atomic E-state index is -0.443. The Morgan fingerprint density at radius 2 is 1.89 bits per heavy atom. The van der Waals surface area contributed by atoms with E-state index in [1.807, 2.05) is 6.07 Å². The summed E-state index contributed by atoms with van der Waals surface area (Å²) in [6.45, 7) is 10.9. The molecule has 35 heavy (non-hydrogen) atoms. The zero-order valence-corrected chi connectivity index (χ0v) is 23.0. The molecule has 0 bridgehead atoms. The maximum Gasteiger partial charge on any atom is 0.294 e. The SMILES string of the molecule is CC(C)N1c2ccc(/C=C3\SC(=O)N(CC(=O)Nc4ccc(Br)cc4)C3=O)cc2[C@@H](C)CC1(C)C. The Morgan fingerprint density at radius 1 is 1.20 bits per heavy atom. The van der Waals surface area contributed by atoms with Gasteiger partial charge < -0.3 is 10.2 Å². The lowest BCUT2D eigenvalue weighted by molar-refractivity contribution is -0.127. The fraction of sp³-hybridized carbons (Fsp3) is 0.370. The third-order valence-corrected chi connectivity index (χ3v) is 7.85. The fourth-order valence-corrected chi connectivity index (χ4v) is 6.31. The van der Waals surface area contributed by atoms with Crippen molar-refractivity contribution in [3.05, 3.63) is 63.0 Å². The molecule has 0 saturated carbocycles. The van der Waals surface area contributed by atoms with E-state index >= 15 is 0 Å². The highest BCUT2D eigenvalue weighted by molar-refractivity contribution is 9.10. The molecule has 2 aromatic carbocycles. The Kier molecular flexibility index (Phi) is 7.16. The van der Waals surface area contributed by atoms with Gasteiger partial charge in [0.2, 0.25) is 5.91 Å². The molecule has 1 saturated heterocycles. The number of anilines is 2. The predicted molar refractivity (Wildman–Crippen MR) is 147 cm³/mol. The molecule has 8 heteroatoms.